The Hall–Kier alpha value is -0.850. The van der Waals surface area contributed by atoms with Crippen LogP contribution in [0.25, 0.3) is 0 Å². The zero-order chi connectivity index (χ0) is 10.9. The third-order valence-corrected chi connectivity index (χ3v) is 1.80. The molecule has 7 heteroatoms. The lowest BCUT2D eigenvalue weighted by Crippen LogP contribution is -2.19. The van der Waals surface area contributed by atoms with Crippen molar-refractivity contribution in [1.29, 1.82) is 0 Å². The Bertz CT molecular complexity index is 352. The number of hydrogen-bond donors (Lipinski definition) is 0. The molecule has 1 aromatic heterocycles. The van der Waals surface area contributed by atoms with E-state index in [0.717, 1.165) is 0 Å². The van der Waals surface area contributed by atoms with E-state index in [1.54, 1.807) is 0 Å². The second-order valence-corrected chi connectivity index (χ2v) is 3.27. The molecule has 0 atom stereocenters. The lowest BCUT2D eigenvalue weighted by Gasteiger charge is -2.09. The number of halogens is 5. The maximum absolute atomic E-state index is 13.0. The van der Waals surface area contributed by atoms with Gasteiger partial charge in [0.2, 0.25) is 0 Å². The maximum Gasteiger partial charge on any atom is 0.574 e. The second kappa shape index (κ2) is 3.72. The molecule has 0 aliphatic rings. The van der Waals surface area contributed by atoms with Gasteiger partial charge in [0.1, 0.15) is 0 Å². The largest absolute Gasteiger partial charge is 0.574 e. The molecule has 0 saturated heterocycles. The fourth-order valence-electron chi connectivity index (χ4n) is 0.768. The van der Waals surface area contributed by atoms with E-state index in [1.807, 2.05) is 0 Å². The van der Waals surface area contributed by atoms with Crippen molar-refractivity contribution < 1.29 is 22.3 Å². The molecule has 0 N–H and O–H groups in total. The van der Waals surface area contributed by atoms with Gasteiger partial charge in [0, 0.05) is 5.69 Å². The summed E-state index contributed by atoms with van der Waals surface area (Å²) in [6, 6.07) is 1.25. The van der Waals surface area contributed by atoms with E-state index in [0.29, 0.717) is 0 Å². The van der Waals surface area contributed by atoms with Crippen LogP contribution in [0, 0.1) is 12.7 Å². The molecule has 0 aromatic carbocycles. The molecule has 0 bridgehead atoms. The first kappa shape index (κ1) is 11.2. The van der Waals surface area contributed by atoms with E-state index in [4.69, 9.17) is 0 Å². The van der Waals surface area contributed by atoms with Crippen molar-refractivity contribution in [2.45, 2.75) is 13.3 Å². The Kier molecular flexibility index (Phi) is 2.98. The van der Waals surface area contributed by atoms with Gasteiger partial charge in [0.15, 0.2) is 5.82 Å². The van der Waals surface area contributed by atoms with Crippen molar-refractivity contribution in [2.24, 2.45) is 0 Å². The van der Waals surface area contributed by atoms with E-state index in [9.17, 15) is 17.6 Å². The van der Waals surface area contributed by atoms with E-state index in [1.165, 1.54) is 13.0 Å². The van der Waals surface area contributed by atoms with Gasteiger partial charge in [-0.05, 0) is 28.9 Å². The Morgan fingerprint density at radius 3 is 2.50 bits per heavy atom. The summed E-state index contributed by atoms with van der Waals surface area (Å²) in [6.45, 7) is 1.42. The molecular formula is C7H4BrF4NO. The van der Waals surface area contributed by atoms with Crippen LogP contribution in [0.2, 0.25) is 0 Å². The molecule has 14 heavy (non-hydrogen) atoms. The van der Waals surface area contributed by atoms with E-state index < -0.39 is 18.1 Å². The standard InChI is InChI=1S/C7H4BrF4NO/c1-3-2-4(8)5(9)6(13-3)14-7(10,11)12/h2H,1H3. The minimum atomic E-state index is -4.94. The molecule has 0 saturated carbocycles. The highest BCUT2D eigenvalue weighted by Crippen LogP contribution is 2.28. The molecule has 0 amide bonds. The Labute approximate surface area is 85.0 Å². The van der Waals surface area contributed by atoms with Crippen molar-refractivity contribution in [3.63, 3.8) is 0 Å². The first-order valence-corrected chi connectivity index (χ1v) is 4.17. The summed E-state index contributed by atoms with van der Waals surface area (Å²) in [5, 5.41) is 0. The van der Waals surface area contributed by atoms with Crippen LogP contribution in [0.1, 0.15) is 5.69 Å². The van der Waals surface area contributed by atoms with Crippen molar-refractivity contribution >= 4 is 15.9 Å². The van der Waals surface area contributed by atoms with Gasteiger partial charge in [-0.2, -0.15) is 4.39 Å². The molecule has 1 rings (SSSR count). The highest BCUT2D eigenvalue weighted by molar-refractivity contribution is 9.10. The minimum absolute atomic E-state index is 0.121. The minimum Gasteiger partial charge on any atom is -0.385 e. The molecular weight excluding hydrogens is 270 g/mol. The highest BCUT2D eigenvalue weighted by atomic mass is 79.9. The molecule has 0 unspecified atom stereocenters. The molecule has 0 spiro atoms. The van der Waals surface area contributed by atoms with E-state index in [2.05, 4.69) is 25.7 Å². The number of pyridine rings is 1. The predicted molar refractivity (Wildman–Crippen MR) is 43.3 cm³/mol. The topological polar surface area (TPSA) is 22.1 Å². The maximum atomic E-state index is 13.0. The van der Waals surface area contributed by atoms with Crippen molar-refractivity contribution in [1.82, 2.24) is 4.98 Å². The summed E-state index contributed by atoms with van der Waals surface area (Å²) < 4.78 is 51.5. The average molecular weight is 274 g/mol. The number of aryl methyl sites for hydroxylation is 1. The van der Waals surface area contributed by atoms with Crippen LogP contribution in [0.5, 0.6) is 5.88 Å². The van der Waals surface area contributed by atoms with Crippen LogP contribution >= 0.6 is 15.9 Å². The second-order valence-electron chi connectivity index (χ2n) is 2.41. The summed E-state index contributed by atoms with van der Waals surface area (Å²) in [6.07, 6.45) is -4.94. The molecule has 0 radical (unpaired) electrons. The molecule has 0 fully saturated rings. The lowest BCUT2D eigenvalue weighted by molar-refractivity contribution is -0.277. The number of nitrogens with zero attached hydrogens (tertiary/aromatic N) is 1. The van der Waals surface area contributed by atoms with Gasteiger partial charge in [-0.3, -0.25) is 0 Å². The molecule has 2 nitrogen and oxygen atoms in total. The number of rotatable bonds is 1. The van der Waals surface area contributed by atoms with Gasteiger partial charge >= 0.3 is 6.36 Å². The van der Waals surface area contributed by atoms with Crippen LogP contribution in [0.15, 0.2) is 10.5 Å². The van der Waals surface area contributed by atoms with E-state index >= 15 is 0 Å². The quantitative estimate of drug-likeness (QED) is 0.734. The summed E-state index contributed by atoms with van der Waals surface area (Å²) in [7, 11) is 0. The molecule has 1 heterocycles. The van der Waals surface area contributed by atoms with Gasteiger partial charge in [-0.25, -0.2) is 4.98 Å². The van der Waals surface area contributed by atoms with Crippen LogP contribution < -0.4 is 4.74 Å². The third-order valence-electron chi connectivity index (χ3n) is 1.22. The monoisotopic (exact) mass is 273 g/mol. The Morgan fingerprint density at radius 1 is 1.43 bits per heavy atom. The number of ether oxygens (including phenoxy) is 1. The Balaban J connectivity index is 3.09. The average Bonchev–Trinajstić information content (AvgIpc) is 1.96. The predicted octanol–water partition coefficient (Wildman–Crippen LogP) is 3.19. The van der Waals surface area contributed by atoms with Crippen LogP contribution in [-0.4, -0.2) is 11.3 Å². The number of hydrogen-bond acceptors (Lipinski definition) is 2. The molecule has 0 aliphatic heterocycles. The molecule has 0 aliphatic carbocycles. The van der Waals surface area contributed by atoms with Gasteiger partial charge in [-0.1, -0.05) is 0 Å². The van der Waals surface area contributed by atoms with Gasteiger partial charge in [0.25, 0.3) is 5.88 Å². The fourth-order valence-corrected chi connectivity index (χ4v) is 1.27. The first-order valence-electron chi connectivity index (χ1n) is 3.38. The van der Waals surface area contributed by atoms with Crippen molar-refractivity contribution in [3.8, 4) is 5.88 Å². The number of alkyl halides is 3. The van der Waals surface area contributed by atoms with Crippen LogP contribution in [0.3, 0.4) is 0 Å². The Morgan fingerprint density at radius 2 is 2.00 bits per heavy atom. The smallest absolute Gasteiger partial charge is 0.385 e. The summed E-state index contributed by atoms with van der Waals surface area (Å²) in [5.41, 5.74) is 0.220. The zero-order valence-corrected chi connectivity index (χ0v) is 8.41. The summed E-state index contributed by atoms with van der Waals surface area (Å²) in [5.74, 6) is -2.25. The molecule has 1 aromatic rings. The van der Waals surface area contributed by atoms with Gasteiger partial charge < -0.3 is 4.74 Å². The van der Waals surface area contributed by atoms with Crippen LogP contribution in [0.4, 0.5) is 17.6 Å². The van der Waals surface area contributed by atoms with Crippen LogP contribution in [-0.2, 0) is 0 Å². The van der Waals surface area contributed by atoms with Crippen molar-refractivity contribution in [2.75, 3.05) is 0 Å². The molecule has 78 valence electrons. The van der Waals surface area contributed by atoms with Crippen molar-refractivity contribution in [3.05, 3.63) is 22.1 Å². The highest BCUT2D eigenvalue weighted by Gasteiger charge is 2.33. The summed E-state index contributed by atoms with van der Waals surface area (Å²) >= 11 is 2.74. The zero-order valence-electron chi connectivity index (χ0n) is 6.82. The third kappa shape index (κ3) is 2.83. The summed E-state index contributed by atoms with van der Waals surface area (Å²) in [4.78, 5) is 3.27. The SMILES string of the molecule is Cc1cc(Br)c(F)c(OC(F)(F)F)n1. The number of aromatic nitrogens is 1. The lowest BCUT2D eigenvalue weighted by atomic mass is 10.4. The van der Waals surface area contributed by atoms with E-state index in [-0.39, 0.29) is 10.2 Å². The normalized spacial score (nSPS) is 11.6. The fraction of sp³-hybridized carbons (Fsp3) is 0.286. The van der Waals surface area contributed by atoms with Gasteiger partial charge in [-0.15, -0.1) is 13.2 Å². The first-order chi connectivity index (χ1) is 6.29. The van der Waals surface area contributed by atoms with Gasteiger partial charge in [0.05, 0.1) is 4.47 Å².